The lowest BCUT2D eigenvalue weighted by molar-refractivity contribution is -0.137. The van der Waals surface area contributed by atoms with Gasteiger partial charge in [-0.3, -0.25) is 0 Å². The second kappa shape index (κ2) is 15.8. The summed E-state index contributed by atoms with van der Waals surface area (Å²) in [5.74, 6) is 1.23. The van der Waals surface area contributed by atoms with Crippen molar-refractivity contribution in [3.8, 4) is 5.88 Å². The van der Waals surface area contributed by atoms with Gasteiger partial charge in [0, 0.05) is 38.2 Å². The average molecular weight is 638 g/mol. The van der Waals surface area contributed by atoms with E-state index >= 15 is 0 Å². The molecule has 1 heterocycles. The molecule has 9 nitrogen and oxygen atoms in total. The summed E-state index contributed by atoms with van der Waals surface area (Å²) in [6.45, 7) is 8.15. The van der Waals surface area contributed by atoms with E-state index in [1.807, 2.05) is 12.1 Å². The van der Waals surface area contributed by atoms with Crippen molar-refractivity contribution in [2.75, 3.05) is 43.7 Å². The second-order valence-electron chi connectivity index (χ2n) is 10.8. The number of hydrogen-bond acceptors (Lipinski definition) is 9. The minimum Gasteiger partial charge on any atom is -0.489 e. The van der Waals surface area contributed by atoms with Crippen LogP contribution in [0.3, 0.4) is 0 Å². The molecule has 0 bridgehead atoms. The Morgan fingerprint density at radius 3 is 2.41 bits per heavy atom. The molecule has 1 aliphatic rings. The third-order valence-electron chi connectivity index (χ3n) is 7.40. The summed E-state index contributed by atoms with van der Waals surface area (Å²) in [6.07, 6.45) is 3.96. The maximum atomic E-state index is 13.2. The first-order chi connectivity index (χ1) is 20.8. The Bertz CT molecular complexity index is 1410. The monoisotopic (exact) mass is 637 g/mol. The van der Waals surface area contributed by atoms with Gasteiger partial charge in [-0.15, -0.1) is 0 Å². The van der Waals surface area contributed by atoms with E-state index in [0.717, 1.165) is 43.4 Å². The minimum absolute atomic E-state index is 0.111. The fourth-order valence-corrected chi connectivity index (χ4v) is 5.38. The number of aliphatic imine (C=N–C) groups is 1. The standard InChI is InChI=1S/C31H42F3N5O4S/c1-5-38(20-24-8-6-7-9-24)29-14-15-30(42-3)37-28(29)22-39(21-25-10-12-26(13-11-25)31(32,33)34)23(2)36-19-27(18-35)43-16-17-44(4,40)41/h10-15,18-19,24H,2,5-9,16-17,20-22,35H2,1,3-4H3/b27-18+,36-19-. The van der Waals surface area contributed by atoms with Gasteiger partial charge in [-0.2, -0.15) is 13.2 Å². The van der Waals surface area contributed by atoms with E-state index in [2.05, 4.69) is 23.4 Å². The molecule has 0 saturated heterocycles. The van der Waals surface area contributed by atoms with E-state index in [-0.39, 0.29) is 37.0 Å². The van der Waals surface area contributed by atoms with Crippen molar-refractivity contribution in [3.05, 3.63) is 77.6 Å². The minimum atomic E-state index is -4.45. The summed E-state index contributed by atoms with van der Waals surface area (Å²) in [6, 6.07) is 8.72. The average Bonchev–Trinajstić information content (AvgIpc) is 3.49. The lowest BCUT2D eigenvalue weighted by Crippen LogP contribution is -2.31. The number of nitrogens with two attached hydrogens (primary N) is 1. The molecule has 0 atom stereocenters. The van der Waals surface area contributed by atoms with Gasteiger partial charge in [-0.05, 0) is 49.4 Å². The zero-order valence-electron chi connectivity index (χ0n) is 25.5. The largest absolute Gasteiger partial charge is 0.489 e. The van der Waals surface area contributed by atoms with Crippen molar-refractivity contribution in [1.29, 1.82) is 0 Å². The van der Waals surface area contributed by atoms with Gasteiger partial charge in [0.1, 0.15) is 12.4 Å². The van der Waals surface area contributed by atoms with Gasteiger partial charge in [0.05, 0.1) is 42.6 Å². The van der Waals surface area contributed by atoms with Crippen LogP contribution in [0, 0.1) is 5.92 Å². The molecule has 0 unspecified atom stereocenters. The number of allylic oxidation sites excluding steroid dienone is 1. The Morgan fingerprint density at radius 2 is 1.84 bits per heavy atom. The van der Waals surface area contributed by atoms with Crippen LogP contribution in [0.1, 0.15) is 49.4 Å². The molecule has 1 aromatic heterocycles. The highest BCUT2D eigenvalue weighted by Crippen LogP contribution is 2.32. The van der Waals surface area contributed by atoms with Crippen molar-refractivity contribution >= 4 is 21.7 Å². The van der Waals surface area contributed by atoms with E-state index in [1.165, 1.54) is 51.1 Å². The van der Waals surface area contributed by atoms with E-state index in [0.29, 0.717) is 23.1 Å². The van der Waals surface area contributed by atoms with E-state index < -0.39 is 21.6 Å². The molecule has 2 aromatic rings. The number of alkyl halides is 3. The molecule has 1 aromatic carbocycles. The quantitative estimate of drug-likeness (QED) is 0.189. The molecule has 44 heavy (non-hydrogen) atoms. The van der Waals surface area contributed by atoms with Gasteiger partial charge in [0.2, 0.25) is 5.88 Å². The lowest BCUT2D eigenvalue weighted by Gasteiger charge is -2.31. The zero-order valence-corrected chi connectivity index (χ0v) is 26.3. The fourth-order valence-electron chi connectivity index (χ4n) is 4.99. The number of anilines is 1. The van der Waals surface area contributed by atoms with E-state index in [1.54, 1.807) is 4.90 Å². The zero-order chi connectivity index (χ0) is 32.3. The molecule has 0 aliphatic heterocycles. The lowest BCUT2D eigenvalue weighted by atomic mass is 10.1. The van der Waals surface area contributed by atoms with Crippen LogP contribution in [-0.4, -0.2) is 63.3 Å². The van der Waals surface area contributed by atoms with Gasteiger partial charge in [0.25, 0.3) is 0 Å². The molecule has 2 N–H and O–H groups in total. The SMILES string of the molecule is C=C(/N=C\C(=C/N)OCCS(C)(=O)=O)N(Cc1ccc(C(F)(F)F)cc1)Cc1nc(OC)ccc1N(CC)CC1CCCC1. The number of methoxy groups -OCH3 is 1. The molecule has 0 amide bonds. The molecular weight excluding hydrogens is 595 g/mol. The van der Waals surface area contributed by atoms with Crippen LogP contribution >= 0.6 is 0 Å². The summed E-state index contributed by atoms with van der Waals surface area (Å²) in [5, 5.41) is 0. The topological polar surface area (TPSA) is 110 Å². The number of nitrogens with zero attached hydrogens (tertiary/aromatic N) is 4. The smallest absolute Gasteiger partial charge is 0.416 e. The van der Waals surface area contributed by atoms with Crippen LogP contribution in [0.4, 0.5) is 18.9 Å². The van der Waals surface area contributed by atoms with Crippen molar-refractivity contribution in [3.63, 3.8) is 0 Å². The van der Waals surface area contributed by atoms with Crippen molar-refractivity contribution in [1.82, 2.24) is 9.88 Å². The summed E-state index contributed by atoms with van der Waals surface area (Å²) < 4.78 is 73.4. The maximum absolute atomic E-state index is 13.2. The summed E-state index contributed by atoms with van der Waals surface area (Å²) in [4.78, 5) is 13.3. The van der Waals surface area contributed by atoms with Gasteiger partial charge in [0.15, 0.2) is 15.6 Å². The molecule has 0 spiro atoms. The van der Waals surface area contributed by atoms with Crippen molar-refractivity contribution in [2.45, 2.75) is 51.9 Å². The number of sulfone groups is 1. The Kier molecular flexibility index (Phi) is 12.5. The molecule has 1 aliphatic carbocycles. The molecule has 242 valence electrons. The first-order valence-corrected chi connectivity index (χ1v) is 16.5. The summed E-state index contributed by atoms with van der Waals surface area (Å²) >= 11 is 0. The predicted molar refractivity (Wildman–Crippen MR) is 167 cm³/mol. The predicted octanol–water partition coefficient (Wildman–Crippen LogP) is 5.53. The number of halogens is 3. The normalized spacial score (nSPS) is 14.6. The molecule has 0 radical (unpaired) electrons. The Balaban J connectivity index is 1.92. The van der Waals surface area contributed by atoms with Crippen LogP contribution in [0.25, 0.3) is 0 Å². The third kappa shape index (κ3) is 10.8. The molecule has 13 heteroatoms. The Hall–Kier alpha value is -3.74. The number of benzene rings is 1. The van der Waals surface area contributed by atoms with E-state index in [4.69, 9.17) is 20.2 Å². The van der Waals surface area contributed by atoms with Crippen molar-refractivity contribution in [2.24, 2.45) is 16.6 Å². The Morgan fingerprint density at radius 1 is 1.16 bits per heavy atom. The van der Waals surface area contributed by atoms with E-state index in [9.17, 15) is 21.6 Å². The van der Waals surface area contributed by atoms with Gasteiger partial charge < -0.3 is 25.0 Å². The molecule has 1 fully saturated rings. The number of pyridine rings is 1. The maximum Gasteiger partial charge on any atom is 0.416 e. The fraction of sp³-hybridized carbons (Fsp3) is 0.484. The highest BCUT2D eigenvalue weighted by Gasteiger charge is 2.30. The van der Waals surface area contributed by atoms with Crippen LogP contribution in [0.2, 0.25) is 0 Å². The number of ether oxygens (including phenoxy) is 2. The summed E-state index contributed by atoms with van der Waals surface area (Å²) in [5.41, 5.74) is 7.16. The first kappa shape index (κ1) is 34.7. The molecular formula is C31H42F3N5O4S. The van der Waals surface area contributed by atoms with Gasteiger partial charge in [-0.25, -0.2) is 18.4 Å². The van der Waals surface area contributed by atoms with Crippen LogP contribution < -0.4 is 15.4 Å². The number of aromatic nitrogens is 1. The van der Waals surface area contributed by atoms with Crippen molar-refractivity contribution < 1.29 is 31.1 Å². The summed E-state index contributed by atoms with van der Waals surface area (Å²) in [7, 11) is -1.70. The van der Waals surface area contributed by atoms with Crippen LogP contribution in [-0.2, 0) is 33.8 Å². The van der Waals surface area contributed by atoms with Crippen LogP contribution in [0.15, 0.2) is 65.7 Å². The first-order valence-electron chi connectivity index (χ1n) is 14.5. The highest BCUT2D eigenvalue weighted by molar-refractivity contribution is 7.90. The Labute approximate surface area is 258 Å². The molecule has 3 rings (SSSR count). The van der Waals surface area contributed by atoms with Gasteiger partial charge >= 0.3 is 6.18 Å². The van der Waals surface area contributed by atoms with Crippen LogP contribution in [0.5, 0.6) is 5.88 Å². The second-order valence-corrected chi connectivity index (χ2v) is 13.0. The molecule has 1 saturated carbocycles. The van der Waals surface area contributed by atoms with Gasteiger partial charge in [-0.1, -0.05) is 31.6 Å². The number of hydrogen-bond donors (Lipinski definition) is 1. The third-order valence-corrected chi connectivity index (χ3v) is 8.31. The number of rotatable bonds is 16. The highest BCUT2D eigenvalue weighted by atomic mass is 32.2.